The summed E-state index contributed by atoms with van der Waals surface area (Å²) in [5, 5.41) is 28.2. The van der Waals surface area contributed by atoms with Crippen LogP contribution in [0.15, 0.2) is 67.8 Å². The minimum absolute atomic E-state index is 0.0114. The number of primary amides is 6. The highest BCUT2D eigenvalue weighted by Crippen LogP contribution is 2.63. The van der Waals surface area contributed by atoms with Crippen LogP contribution < -0.4 is 45.0 Å². The van der Waals surface area contributed by atoms with Crippen LogP contribution in [0.3, 0.4) is 0 Å². The second-order valence-electron chi connectivity index (χ2n) is 27.1. The van der Waals surface area contributed by atoms with E-state index in [9.17, 15) is 53.2 Å². The third-order valence-corrected chi connectivity index (χ3v) is 21.7. The van der Waals surface area contributed by atoms with Crippen LogP contribution in [0, 0.1) is 59.2 Å². The molecular weight excluding hydrogens is 1180 g/mol. The number of aryl methyl sites for hydroxylation is 2. The zero-order valence-electron chi connectivity index (χ0n) is 53.3. The molecule has 0 radical (unpaired) electrons. The number of fused-ring (bicyclic) bond motifs is 7. The number of carbonyl (C=O) groups excluding carboxylic acids is 7. The van der Waals surface area contributed by atoms with E-state index in [1.807, 2.05) is 87.4 Å². The van der Waals surface area contributed by atoms with Crippen LogP contribution in [-0.2, 0) is 51.9 Å². The first-order valence-corrected chi connectivity index (χ1v) is 32.1. The number of phosphoric acid groups is 1. The van der Waals surface area contributed by atoms with E-state index in [4.69, 9.17) is 63.2 Å². The molecule has 0 spiro atoms. The summed E-state index contributed by atoms with van der Waals surface area (Å²) in [5.74, 6) is -7.18. The molecule has 27 nitrogen and oxygen atoms in total. The number of imidazole rings is 1. The standard InChI is InChI=1S/C62H90N13O14P/c1-29-20-39-40(21-30(29)2)75(28-70-39)57-52(84)53(41(27-76)87-57)89-90(85,86)88-31(3)26-69-49(83)18-19-59(8)37(22-46(66)80)56-62(11)61(10,25-48(68)82)36(14-17-45(65)79)51(74-62)33(5)55-60(9,24-47(67)81)34(12-15-43(63)77)38(71-55)23-42-58(6,7)35(13-16-44(64)78)50(72-42)32(4)54(59)73-56/h20-21,23,28,31,34-37,41,52-53,56-57,71,76,84H,12-19,22,24-27H2,1-11H3,(H2,63,77)(H2,64,78)(H2,65,79)(H2,66,80)(H2,67,81)(H2,68,82)(H,69,83)(H,85,86)/b38-23?,50-32-,55-33-/t31-,34-,35-,36-,37+,41-,52-,53-,56-,57+,59-,60+,61+,62+/m1/s1. The molecule has 7 heterocycles. The molecule has 17 N–H and O–H groups in total. The largest absolute Gasteiger partial charge is 0.472 e. The summed E-state index contributed by atoms with van der Waals surface area (Å²) >= 11 is 0. The fourth-order valence-electron chi connectivity index (χ4n) is 15.4. The normalized spacial score (nSPS) is 33.6. The van der Waals surface area contributed by atoms with Crippen molar-refractivity contribution >= 4 is 77.3 Å². The Labute approximate surface area is 523 Å². The van der Waals surface area contributed by atoms with Gasteiger partial charge in [0.05, 0.1) is 41.7 Å². The molecule has 6 aliphatic heterocycles. The van der Waals surface area contributed by atoms with Gasteiger partial charge in [-0.2, -0.15) is 0 Å². The highest BCUT2D eigenvalue weighted by atomic mass is 31.2. The predicted octanol–water partition coefficient (Wildman–Crippen LogP) is 3.16. The molecule has 1 aromatic heterocycles. The number of allylic oxidation sites excluding steroid dienone is 6. The highest BCUT2D eigenvalue weighted by Gasteiger charge is 2.66. The molecule has 2 aromatic rings. The SMILES string of the molecule is C/C1=C2/N=C(C=C3N/C(=C(/C)C4=N[C@@](C)([C@@H]5N=C1[C@](C)(CCC(=O)NC[C@@H](C)OP(=O)(O)O[C@H]1[C@@H](O)[C@@H](n6cnc7cc(C)c(C)cc76)O[C@@H]1CO)[C@H]5CC(N)=O)[C@@](C)(CC(N)=O)[C@@H]4CCC(N)=O)[C@@](C)(CC(N)=O)[C@@H]3CCC(N)=O)C(C)(C)[C@@H]2CCC(N)=O. The van der Waals surface area contributed by atoms with Gasteiger partial charge in [-0.05, 0) is 108 Å². The maximum absolute atomic E-state index is 14.4. The van der Waals surface area contributed by atoms with Crippen molar-refractivity contribution in [3.05, 3.63) is 63.9 Å². The Morgan fingerprint density at radius 3 is 1.99 bits per heavy atom. The molecule has 1 unspecified atom stereocenters. The molecule has 7 amide bonds. The van der Waals surface area contributed by atoms with Crippen LogP contribution in [-0.4, -0.2) is 132 Å². The summed E-state index contributed by atoms with van der Waals surface area (Å²) in [6.45, 7) is 19.3. The van der Waals surface area contributed by atoms with Gasteiger partial charge in [0.1, 0.15) is 18.3 Å². The number of nitrogens with one attached hydrogen (secondary N) is 2. The molecule has 15 atom stereocenters. The van der Waals surface area contributed by atoms with Crippen LogP contribution >= 0.6 is 7.82 Å². The Bertz CT molecular complexity index is 3540. The molecule has 8 bridgehead atoms. The van der Waals surface area contributed by atoms with E-state index in [0.29, 0.717) is 56.4 Å². The number of aliphatic hydroxyl groups excluding tert-OH is 2. The lowest BCUT2D eigenvalue weighted by Gasteiger charge is -2.48. The summed E-state index contributed by atoms with van der Waals surface area (Å²) in [7, 11) is -5.07. The zero-order chi connectivity index (χ0) is 66.7. The molecule has 90 heavy (non-hydrogen) atoms. The smallest absolute Gasteiger partial charge is 0.394 e. The molecule has 2 saturated heterocycles. The van der Waals surface area contributed by atoms with Crippen molar-refractivity contribution in [3.63, 3.8) is 0 Å². The average molecular weight is 1270 g/mol. The van der Waals surface area contributed by atoms with Gasteiger partial charge in [0, 0.05) is 131 Å². The van der Waals surface area contributed by atoms with Gasteiger partial charge in [-0.3, -0.25) is 57.6 Å². The molecule has 2 fully saturated rings. The Balaban J connectivity index is 1.19. The monoisotopic (exact) mass is 1270 g/mol. The van der Waals surface area contributed by atoms with Gasteiger partial charge in [-0.1, -0.05) is 34.6 Å². The molecule has 6 aliphatic rings. The molecule has 8 rings (SSSR count). The highest BCUT2D eigenvalue weighted by molar-refractivity contribution is 7.47. The third-order valence-electron chi connectivity index (χ3n) is 20.6. The number of aromatic nitrogens is 2. The van der Waals surface area contributed by atoms with Crippen molar-refractivity contribution in [1.29, 1.82) is 0 Å². The first-order chi connectivity index (χ1) is 41.8. The van der Waals surface area contributed by atoms with Gasteiger partial charge >= 0.3 is 7.82 Å². The number of phosphoric ester groups is 1. The van der Waals surface area contributed by atoms with Crippen LogP contribution in [0.1, 0.15) is 150 Å². The number of aliphatic hydroxyl groups is 2. The van der Waals surface area contributed by atoms with Crippen LogP contribution in [0.2, 0.25) is 0 Å². The molecule has 0 aliphatic carbocycles. The fraction of sp³-hybridized carbons (Fsp3) is 0.629. The van der Waals surface area contributed by atoms with Gasteiger partial charge in [-0.15, -0.1) is 0 Å². The van der Waals surface area contributed by atoms with E-state index >= 15 is 0 Å². The summed E-state index contributed by atoms with van der Waals surface area (Å²) in [5.41, 5.74) is 37.4. The first-order valence-electron chi connectivity index (χ1n) is 30.6. The van der Waals surface area contributed by atoms with E-state index in [1.54, 1.807) is 4.57 Å². The van der Waals surface area contributed by atoms with Crippen molar-refractivity contribution in [3.8, 4) is 0 Å². The number of benzene rings is 1. The molecule has 492 valence electrons. The summed E-state index contributed by atoms with van der Waals surface area (Å²) in [6, 6.07) is 2.70. The number of nitrogens with zero attached hydrogens (tertiary/aromatic N) is 5. The van der Waals surface area contributed by atoms with E-state index in [1.165, 1.54) is 13.3 Å². The Hall–Kier alpha value is -7.00. The second-order valence-corrected chi connectivity index (χ2v) is 28.4. The van der Waals surface area contributed by atoms with Gasteiger partial charge < -0.3 is 69.4 Å². The maximum atomic E-state index is 14.4. The van der Waals surface area contributed by atoms with Gasteiger partial charge in [0.15, 0.2) is 6.23 Å². The van der Waals surface area contributed by atoms with Crippen molar-refractivity contribution in [2.24, 2.45) is 94.7 Å². The van der Waals surface area contributed by atoms with Crippen LogP contribution in [0.25, 0.3) is 11.0 Å². The maximum Gasteiger partial charge on any atom is 0.472 e. The second kappa shape index (κ2) is 25.6. The molecular formula is C62H90N13O14P. The Kier molecular flexibility index (Phi) is 19.6. The lowest BCUT2D eigenvalue weighted by atomic mass is 9.55. The van der Waals surface area contributed by atoms with E-state index in [2.05, 4.69) is 15.6 Å². The van der Waals surface area contributed by atoms with Gasteiger partial charge in [0.25, 0.3) is 0 Å². The molecule has 0 saturated carbocycles. The quantitative estimate of drug-likeness (QED) is 0.0603. The first kappa shape index (κ1) is 68.9. The number of carbonyl (C=O) groups is 7. The number of amides is 7. The average Bonchev–Trinajstić information content (AvgIpc) is 1.53. The summed E-state index contributed by atoms with van der Waals surface area (Å²) < 4.78 is 32.3. The topological polar surface area (TPSA) is 460 Å². The van der Waals surface area contributed by atoms with Crippen molar-refractivity contribution in [2.75, 3.05) is 13.2 Å². The number of nitrogens with two attached hydrogens (primary N) is 6. The summed E-state index contributed by atoms with van der Waals surface area (Å²) in [6.07, 6.45) is -4.26. The molecule has 28 heteroatoms. The minimum atomic E-state index is -5.07. The van der Waals surface area contributed by atoms with Crippen LogP contribution in [0.5, 0.6) is 0 Å². The van der Waals surface area contributed by atoms with Crippen molar-refractivity contribution in [1.82, 2.24) is 20.2 Å². The lowest BCUT2D eigenvalue weighted by Crippen LogP contribution is -2.56. The number of aliphatic imine (C=N–C) groups is 3. The Morgan fingerprint density at radius 2 is 1.40 bits per heavy atom. The van der Waals surface area contributed by atoms with Crippen LogP contribution in [0.4, 0.5) is 0 Å². The third kappa shape index (κ3) is 13.0. The van der Waals surface area contributed by atoms with E-state index in [-0.39, 0.29) is 77.2 Å². The van der Waals surface area contributed by atoms with Crippen molar-refractivity contribution < 1.29 is 67.0 Å². The van der Waals surface area contributed by atoms with Crippen molar-refractivity contribution in [2.45, 2.75) is 189 Å². The number of rotatable bonds is 26. The zero-order valence-corrected chi connectivity index (χ0v) is 54.1. The summed E-state index contributed by atoms with van der Waals surface area (Å²) in [4.78, 5) is 126. The fourth-order valence-corrected chi connectivity index (χ4v) is 16.6. The number of hydrogen-bond donors (Lipinski definition) is 11. The van der Waals surface area contributed by atoms with E-state index in [0.717, 1.165) is 11.1 Å². The Morgan fingerprint density at radius 1 is 0.800 bits per heavy atom. The lowest BCUT2D eigenvalue weighted by molar-refractivity contribution is -0.124. The van der Waals surface area contributed by atoms with E-state index < -0.39 is 143 Å². The van der Waals surface area contributed by atoms with Gasteiger partial charge in [0.2, 0.25) is 41.4 Å². The molecule has 1 aromatic carbocycles. The minimum Gasteiger partial charge on any atom is -0.394 e. The number of hydrogen-bond acceptors (Lipinski definition) is 18. The number of ether oxygens (including phenoxy) is 1. The predicted molar refractivity (Wildman–Crippen MR) is 334 cm³/mol. The van der Waals surface area contributed by atoms with Gasteiger partial charge in [-0.25, -0.2) is 9.55 Å².